The molecule has 1 atom stereocenters. The predicted octanol–water partition coefficient (Wildman–Crippen LogP) is 0.0196. The summed E-state index contributed by atoms with van der Waals surface area (Å²) in [7, 11) is 0. The Morgan fingerprint density at radius 1 is 1.35 bits per heavy atom. The molecule has 96 valence electrons. The van der Waals surface area contributed by atoms with Crippen LogP contribution in [0.15, 0.2) is 12.1 Å². The lowest BCUT2D eigenvalue weighted by atomic mass is 10.1. The van der Waals surface area contributed by atoms with E-state index in [1.807, 2.05) is 0 Å². The minimum atomic E-state index is -0.755. The maximum absolute atomic E-state index is 9.90. The standard InChI is InChI=1S/C11H17ClN2O3/c1-7-2-8(3-11(12)14-7)10(17)4-13-9(5-15)6-16/h2-3,9-10,13,15-17H,4-6H2,1H3. The zero-order valence-corrected chi connectivity index (χ0v) is 10.4. The summed E-state index contributed by atoms with van der Waals surface area (Å²) >= 11 is 5.79. The van der Waals surface area contributed by atoms with Gasteiger partial charge in [-0.3, -0.25) is 0 Å². The lowest BCUT2D eigenvalue weighted by molar-refractivity contribution is 0.135. The van der Waals surface area contributed by atoms with Gasteiger partial charge in [0.15, 0.2) is 0 Å². The Balaban J connectivity index is 2.60. The summed E-state index contributed by atoms with van der Waals surface area (Å²) in [6.07, 6.45) is -0.755. The van der Waals surface area contributed by atoms with Crippen LogP contribution in [0.1, 0.15) is 17.4 Å². The molecule has 4 N–H and O–H groups in total. The smallest absolute Gasteiger partial charge is 0.129 e. The van der Waals surface area contributed by atoms with Crippen molar-refractivity contribution in [2.45, 2.75) is 19.1 Å². The van der Waals surface area contributed by atoms with Gasteiger partial charge in [0.25, 0.3) is 0 Å². The molecule has 0 aliphatic rings. The number of pyridine rings is 1. The van der Waals surface area contributed by atoms with E-state index in [4.69, 9.17) is 21.8 Å². The van der Waals surface area contributed by atoms with E-state index in [9.17, 15) is 5.11 Å². The molecule has 0 saturated heterocycles. The number of hydrogen-bond acceptors (Lipinski definition) is 5. The first kappa shape index (κ1) is 14.3. The molecule has 0 radical (unpaired) electrons. The maximum Gasteiger partial charge on any atom is 0.129 e. The second kappa shape index (κ2) is 6.88. The molecule has 0 fully saturated rings. The van der Waals surface area contributed by atoms with Gasteiger partial charge < -0.3 is 20.6 Å². The van der Waals surface area contributed by atoms with Gasteiger partial charge >= 0.3 is 0 Å². The van der Waals surface area contributed by atoms with Crippen LogP contribution < -0.4 is 5.32 Å². The van der Waals surface area contributed by atoms with E-state index < -0.39 is 12.1 Å². The van der Waals surface area contributed by atoms with Crippen LogP contribution in [0.4, 0.5) is 0 Å². The Morgan fingerprint density at radius 2 is 2.00 bits per heavy atom. The Kier molecular flexibility index (Phi) is 5.80. The molecule has 1 rings (SSSR count). The quantitative estimate of drug-likeness (QED) is 0.542. The molecule has 0 saturated carbocycles. The second-order valence-corrected chi connectivity index (χ2v) is 4.24. The van der Waals surface area contributed by atoms with Gasteiger partial charge in [0, 0.05) is 12.2 Å². The van der Waals surface area contributed by atoms with Crippen LogP contribution in [0, 0.1) is 6.92 Å². The van der Waals surface area contributed by atoms with E-state index in [1.54, 1.807) is 19.1 Å². The highest BCUT2D eigenvalue weighted by Gasteiger charge is 2.12. The molecule has 17 heavy (non-hydrogen) atoms. The molecule has 6 heteroatoms. The topological polar surface area (TPSA) is 85.6 Å². The molecule has 0 aliphatic heterocycles. The monoisotopic (exact) mass is 260 g/mol. The molecule has 5 nitrogen and oxygen atoms in total. The zero-order chi connectivity index (χ0) is 12.8. The summed E-state index contributed by atoms with van der Waals surface area (Å²) in [5.74, 6) is 0. The van der Waals surface area contributed by atoms with E-state index in [0.717, 1.165) is 5.69 Å². The number of nitrogens with one attached hydrogen (secondary N) is 1. The van der Waals surface area contributed by atoms with Crippen LogP contribution in [0.2, 0.25) is 5.15 Å². The highest BCUT2D eigenvalue weighted by molar-refractivity contribution is 6.29. The van der Waals surface area contributed by atoms with Crippen molar-refractivity contribution in [3.8, 4) is 0 Å². The normalized spacial score (nSPS) is 13.1. The molecule has 1 aromatic rings. The number of aliphatic hydroxyl groups excluding tert-OH is 3. The second-order valence-electron chi connectivity index (χ2n) is 3.85. The van der Waals surface area contributed by atoms with E-state index in [-0.39, 0.29) is 19.8 Å². The van der Waals surface area contributed by atoms with Crippen LogP contribution >= 0.6 is 11.6 Å². The molecule has 0 amide bonds. The minimum Gasteiger partial charge on any atom is -0.395 e. The number of halogens is 1. The van der Waals surface area contributed by atoms with Crippen LogP contribution in [0.3, 0.4) is 0 Å². The molecular formula is C11H17ClN2O3. The first-order valence-electron chi connectivity index (χ1n) is 5.34. The predicted molar refractivity (Wildman–Crippen MR) is 64.9 cm³/mol. The average molecular weight is 261 g/mol. The highest BCUT2D eigenvalue weighted by Crippen LogP contribution is 2.17. The Hall–Kier alpha value is -0.720. The lowest BCUT2D eigenvalue weighted by Crippen LogP contribution is -2.38. The molecule has 0 spiro atoms. The van der Waals surface area contributed by atoms with Gasteiger partial charge in [-0.05, 0) is 24.6 Å². The Bertz CT molecular complexity index is 338. The zero-order valence-electron chi connectivity index (χ0n) is 9.60. The lowest BCUT2D eigenvalue weighted by Gasteiger charge is -2.17. The summed E-state index contributed by atoms with van der Waals surface area (Å²) in [5.41, 5.74) is 1.39. The Labute approximate surface area is 105 Å². The third kappa shape index (κ3) is 4.57. The summed E-state index contributed by atoms with van der Waals surface area (Å²) in [6, 6.07) is 2.90. The maximum atomic E-state index is 9.90. The molecule has 1 unspecified atom stereocenters. The first-order valence-corrected chi connectivity index (χ1v) is 5.72. The molecule has 1 heterocycles. The van der Waals surface area contributed by atoms with Crippen molar-refractivity contribution in [1.29, 1.82) is 0 Å². The van der Waals surface area contributed by atoms with Gasteiger partial charge in [-0.1, -0.05) is 11.6 Å². The van der Waals surface area contributed by atoms with E-state index >= 15 is 0 Å². The third-order valence-electron chi connectivity index (χ3n) is 2.37. The van der Waals surface area contributed by atoms with Gasteiger partial charge in [-0.25, -0.2) is 4.98 Å². The molecule has 0 aromatic carbocycles. The fourth-order valence-corrected chi connectivity index (χ4v) is 1.69. The van der Waals surface area contributed by atoms with E-state index in [1.165, 1.54) is 0 Å². The van der Waals surface area contributed by atoms with Gasteiger partial charge in [-0.2, -0.15) is 0 Å². The van der Waals surface area contributed by atoms with Crippen LogP contribution in [-0.4, -0.2) is 46.1 Å². The van der Waals surface area contributed by atoms with Crippen molar-refractivity contribution in [3.05, 3.63) is 28.5 Å². The number of hydrogen-bond donors (Lipinski definition) is 4. The molecular weight excluding hydrogens is 244 g/mol. The van der Waals surface area contributed by atoms with Gasteiger partial charge in [0.1, 0.15) is 5.15 Å². The number of aliphatic hydroxyl groups is 3. The summed E-state index contributed by atoms with van der Waals surface area (Å²) in [6.45, 7) is 1.66. The van der Waals surface area contributed by atoms with Crippen molar-refractivity contribution in [2.24, 2.45) is 0 Å². The highest BCUT2D eigenvalue weighted by atomic mass is 35.5. The van der Waals surface area contributed by atoms with E-state index in [0.29, 0.717) is 10.7 Å². The number of aryl methyl sites for hydroxylation is 1. The summed E-state index contributed by atoms with van der Waals surface area (Å²) < 4.78 is 0. The third-order valence-corrected chi connectivity index (χ3v) is 2.56. The van der Waals surface area contributed by atoms with Crippen LogP contribution in [0.5, 0.6) is 0 Å². The van der Waals surface area contributed by atoms with Crippen LogP contribution in [-0.2, 0) is 0 Å². The first-order chi connectivity index (χ1) is 8.06. The molecule has 0 aliphatic carbocycles. The minimum absolute atomic E-state index is 0.181. The number of nitrogens with zero attached hydrogens (tertiary/aromatic N) is 1. The van der Waals surface area contributed by atoms with Crippen molar-refractivity contribution in [3.63, 3.8) is 0 Å². The largest absolute Gasteiger partial charge is 0.395 e. The van der Waals surface area contributed by atoms with Crippen molar-refractivity contribution in [1.82, 2.24) is 10.3 Å². The van der Waals surface area contributed by atoms with Gasteiger partial charge in [0.2, 0.25) is 0 Å². The molecule has 1 aromatic heterocycles. The van der Waals surface area contributed by atoms with Gasteiger partial charge in [-0.15, -0.1) is 0 Å². The average Bonchev–Trinajstić information content (AvgIpc) is 2.28. The number of rotatable bonds is 6. The fraction of sp³-hybridized carbons (Fsp3) is 0.545. The van der Waals surface area contributed by atoms with Crippen molar-refractivity contribution < 1.29 is 15.3 Å². The van der Waals surface area contributed by atoms with Crippen molar-refractivity contribution >= 4 is 11.6 Å². The van der Waals surface area contributed by atoms with Crippen LogP contribution in [0.25, 0.3) is 0 Å². The summed E-state index contributed by atoms with van der Waals surface area (Å²) in [5, 5.41) is 30.8. The van der Waals surface area contributed by atoms with Crippen molar-refractivity contribution in [2.75, 3.05) is 19.8 Å². The SMILES string of the molecule is Cc1cc(C(O)CNC(CO)CO)cc(Cl)n1. The molecule has 0 bridgehead atoms. The number of aromatic nitrogens is 1. The van der Waals surface area contributed by atoms with Gasteiger partial charge in [0.05, 0.1) is 25.4 Å². The summed E-state index contributed by atoms with van der Waals surface area (Å²) in [4.78, 5) is 4.00. The fourth-order valence-electron chi connectivity index (χ4n) is 1.43. The Morgan fingerprint density at radius 3 is 2.53 bits per heavy atom. The van der Waals surface area contributed by atoms with E-state index in [2.05, 4.69) is 10.3 Å².